The first-order valence-corrected chi connectivity index (χ1v) is 7.12. The van der Waals surface area contributed by atoms with Gasteiger partial charge in [-0.2, -0.15) is 0 Å². The Hall–Kier alpha value is -2.24. The van der Waals surface area contributed by atoms with Crippen molar-refractivity contribution < 1.29 is 19.4 Å². The number of hydrogen-bond acceptors (Lipinski definition) is 3. The molecule has 112 valence electrons. The summed E-state index contributed by atoms with van der Waals surface area (Å²) >= 11 is 0. The maximum atomic E-state index is 12.2. The fraction of sp³-hybridized carbons (Fsp3) is 0.467. The Balaban J connectivity index is 1.56. The molecule has 1 aromatic rings. The summed E-state index contributed by atoms with van der Waals surface area (Å²) in [4.78, 5) is 24.6. The second-order valence-electron chi connectivity index (χ2n) is 5.54. The van der Waals surface area contributed by atoms with E-state index >= 15 is 0 Å². The maximum Gasteiger partial charge on any atom is 0.317 e. The van der Waals surface area contributed by atoms with Crippen LogP contribution in [-0.2, 0) is 11.2 Å². The van der Waals surface area contributed by atoms with E-state index in [1.165, 1.54) is 0 Å². The van der Waals surface area contributed by atoms with Gasteiger partial charge < -0.3 is 20.1 Å². The average Bonchev–Trinajstić information content (AvgIpc) is 2.97. The van der Waals surface area contributed by atoms with Gasteiger partial charge in [-0.15, -0.1) is 0 Å². The van der Waals surface area contributed by atoms with E-state index in [2.05, 4.69) is 5.32 Å². The van der Waals surface area contributed by atoms with Crippen molar-refractivity contribution in [1.29, 1.82) is 0 Å². The molecule has 1 saturated heterocycles. The van der Waals surface area contributed by atoms with Crippen LogP contribution in [0.4, 0.5) is 4.79 Å². The average molecular weight is 290 g/mol. The number of carboxylic acids is 1. The summed E-state index contributed by atoms with van der Waals surface area (Å²) < 4.78 is 5.63. The van der Waals surface area contributed by atoms with Crippen LogP contribution in [0.1, 0.15) is 12.0 Å². The summed E-state index contributed by atoms with van der Waals surface area (Å²) in [6, 6.07) is 7.51. The molecule has 21 heavy (non-hydrogen) atoms. The highest BCUT2D eigenvalue weighted by molar-refractivity contribution is 5.77. The molecule has 0 saturated carbocycles. The molecule has 2 aliphatic rings. The normalized spacial score (nSPS) is 24.1. The standard InChI is InChI=1S/C15H18N2O4/c18-14(19)11-5-6-17(8-11)15(20)16-12-7-10-3-1-2-4-13(10)21-9-12/h1-4,11-12H,5-9H2,(H,16,20)(H,18,19). The molecule has 2 unspecified atom stereocenters. The summed E-state index contributed by atoms with van der Waals surface area (Å²) in [5.74, 6) is -0.408. The molecule has 2 N–H and O–H groups in total. The molecule has 1 fully saturated rings. The van der Waals surface area contributed by atoms with Crippen LogP contribution in [0.25, 0.3) is 0 Å². The number of fused-ring (bicyclic) bond motifs is 1. The van der Waals surface area contributed by atoms with Crippen molar-refractivity contribution in [3.63, 3.8) is 0 Å². The number of likely N-dealkylation sites (tertiary alicyclic amines) is 1. The number of carbonyl (C=O) groups is 2. The highest BCUT2D eigenvalue weighted by Gasteiger charge is 2.32. The fourth-order valence-corrected chi connectivity index (χ4v) is 2.83. The van der Waals surface area contributed by atoms with E-state index in [9.17, 15) is 9.59 Å². The van der Waals surface area contributed by atoms with E-state index in [-0.39, 0.29) is 18.6 Å². The third-order valence-corrected chi connectivity index (χ3v) is 4.03. The van der Waals surface area contributed by atoms with Crippen LogP contribution in [-0.4, -0.2) is 47.7 Å². The van der Waals surface area contributed by atoms with Crippen molar-refractivity contribution in [2.24, 2.45) is 5.92 Å². The van der Waals surface area contributed by atoms with E-state index < -0.39 is 11.9 Å². The highest BCUT2D eigenvalue weighted by atomic mass is 16.5. The van der Waals surface area contributed by atoms with Crippen LogP contribution in [0, 0.1) is 5.92 Å². The topological polar surface area (TPSA) is 78.9 Å². The Kier molecular flexibility index (Phi) is 3.68. The quantitative estimate of drug-likeness (QED) is 0.855. The number of carboxylic acid groups (broad SMARTS) is 1. The number of hydrogen-bond donors (Lipinski definition) is 2. The van der Waals surface area contributed by atoms with Crippen LogP contribution >= 0.6 is 0 Å². The van der Waals surface area contributed by atoms with Gasteiger partial charge in [0.15, 0.2) is 0 Å². The van der Waals surface area contributed by atoms with Gasteiger partial charge in [0.1, 0.15) is 12.4 Å². The van der Waals surface area contributed by atoms with E-state index in [0.717, 1.165) is 17.7 Å². The second kappa shape index (κ2) is 5.63. The van der Waals surface area contributed by atoms with Crippen molar-refractivity contribution >= 4 is 12.0 Å². The Morgan fingerprint density at radius 2 is 2.14 bits per heavy atom. The number of amides is 2. The number of urea groups is 1. The van der Waals surface area contributed by atoms with E-state index in [4.69, 9.17) is 9.84 Å². The first-order valence-electron chi connectivity index (χ1n) is 7.12. The highest BCUT2D eigenvalue weighted by Crippen LogP contribution is 2.24. The lowest BCUT2D eigenvalue weighted by Crippen LogP contribution is -2.48. The van der Waals surface area contributed by atoms with E-state index in [0.29, 0.717) is 19.6 Å². The van der Waals surface area contributed by atoms with Gasteiger partial charge in [-0.05, 0) is 24.5 Å². The monoisotopic (exact) mass is 290 g/mol. The Morgan fingerprint density at radius 1 is 1.33 bits per heavy atom. The molecule has 2 heterocycles. The predicted molar refractivity (Wildman–Crippen MR) is 75.3 cm³/mol. The number of ether oxygens (including phenoxy) is 1. The van der Waals surface area contributed by atoms with Crippen LogP contribution in [0.15, 0.2) is 24.3 Å². The van der Waals surface area contributed by atoms with Crippen molar-refractivity contribution in [2.45, 2.75) is 18.9 Å². The van der Waals surface area contributed by atoms with Crippen LogP contribution in [0.2, 0.25) is 0 Å². The van der Waals surface area contributed by atoms with Gasteiger partial charge >= 0.3 is 12.0 Å². The molecule has 0 aliphatic carbocycles. The van der Waals surface area contributed by atoms with Crippen molar-refractivity contribution in [1.82, 2.24) is 10.2 Å². The molecule has 1 aromatic carbocycles. The fourth-order valence-electron chi connectivity index (χ4n) is 2.83. The molecule has 3 rings (SSSR count). The van der Waals surface area contributed by atoms with Gasteiger partial charge in [0.2, 0.25) is 0 Å². The third kappa shape index (κ3) is 2.94. The Bertz CT molecular complexity index is 560. The molecule has 0 radical (unpaired) electrons. The zero-order valence-electron chi connectivity index (χ0n) is 11.6. The smallest absolute Gasteiger partial charge is 0.317 e. The zero-order chi connectivity index (χ0) is 14.8. The summed E-state index contributed by atoms with van der Waals surface area (Å²) in [6.07, 6.45) is 1.25. The number of nitrogens with one attached hydrogen (secondary N) is 1. The van der Waals surface area contributed by atoms with Crippen molar-refractivity contribution in [3.8, 4) is 5.75 Å². The lowest BCUT2D eigenvalue weighted by atomic mass is 10.0. The van der Waals surface area contributed by atoms with Crippen LogP contribution in [0.5, 0.6) is 5.75 Å². The van der Waals surface area contributed by atoms with Gasteiger partial charge in [-0.3, -0.25) is 4.79 Å². The molecule has 6 nitrogen and oxygen atoms in total. The van der Waals surface area contributed by atoms with Gasteiger partial charge in [0.05, 0.1) is 12.0 Å². The largest absolute Gasteiger partial charge is 0.491 e. The number of rotatable bonds is 2. The van der Waals surface area contributed by atoms with Crippen molar-refractivity contribution in [3.05, 3.63) is 29.8 Å². The Labute approximate surface area is 122 Å². The minimum Gasteiger partial charge on any atom is -0.491 e. The first-order chi connectivity index (χ1) is 10.1. The maximum absolute atomic E-state index is 12.2. The Morgan fingerprint density at radius 3 is 2.90 bits per heavy atom. The zero-order valence-corrected chi connectivity index (χ0v) is 11.6. The summed E-state index contributed by atoms with van der Waals surface area (Å²) in [5.41, 5.74) is 1.08. The molecule has 6 heteroatoms. The van der Waals surface area contributed by atoms with Crippen LogP contribution in [0.3, 0.4) is 0 Å². The molecular formula is C15H18N2O4. The minimum atomic E-state index is -0.833. The molecule has 0 aromatic heterocycles. The summed E-state index contributed by atoms with van der Waals surface area (Å²) in [7, 11) is 0. The summed E-state index contributed by atoms with van der Waals surface area (Å²) in [5, 5.41) is 11.9. The molecule has 0 spiro atoms. The first kappa shape index (κ1) is 13.7. The van der Waals surface area contributed by atoms with Gasteiger partial charge in [-0.25, -0.2) is 4.79 Å². The molecular weight excluding hydrogens is 272 g/mol. The minimum absolute atomic E-state index is 0.0729. The summed E-state index contributed by atoms with van der Waals surface area (Å²) in [6.45, 7) is 1.22. The second-order valence-corrected chi connectivity index (χ2v) is 5.54. The molecule has 2 aliphatic heterocycles. The number of nitrogens with zero attached hydrogens (tertiary/aromatic N) is 1. The molecule has 2 amide bonds. The van der Waals surface area contributed by atoms with E-state index in [1.807, 2.05) is 24.3 Å². The SMILES string of the molecule is O=C(O)C1CCN(C(=O)NC2COc3ccccc3C2)C1. The number of carbonyl (C=O) groups excluding carboxylic acids is 1. The lowest BCUT2D eigenvalue weighted by molar-refractivity contribution is -0.141. The number of para-hydroxylation sites is 1. The lowest BCUT2D eigenvalue weighted by Gasteiger charge is -2.28. The third-order valence-electron chi connectivity index (χ3n) is 4.03. The predicted octanol–water partition coefficient (Wildman–Crippen LogP) is 1.11. The molecule has 2 atom stereocenters. The van der Waals surface area contributed by atoms with Crippen LogP contribution < -0.4 is 10.1 Å². The van der Waals surface area contributed by atoms with Gasteiger partial charge in [0.25, 0.3) is 0 Å². The molecule has 0 bridgehead atoms. The van der Waals surface area contributed by atoms with E-state index in [1.54, 1.807) is 4.90 Å². The number of benzene rings is 1. The van der Waals surface area contributed by atoms with Gasteiger partial charge in [0, 0.05) is 13.1 Å². The van der Waals surface area contributed by atoms with Gasteiger partial charge in [-0.1, -0.05) is 18.2 Å². The number of aliphatic carboxylic acids is 1. The van der Waals surface area contributed by atoms with Crippen molar-refractivity contribution in [2.75, 3.05) is 19.7 Å².